The number of hydrogen-bond donors (Lipinski definition) is 3. The largest absolute Gasteiger partial charge is 0.504 e. The lowest BCUT2D eigenvalue weighted by Crippen LogP contribution is -2.02. The number of ether oxygens (including phenoxy) is 2. The van der Waals surface area contributed by atoms with Gasteiger partial charge in [0, 0.05) is 24.2 Å². The molecule has 112 valence electrons. The number of methoxy groups -OCH3 is 2. The maximum Gasteiger partial charge on any atom is 0.162 e. The van der Waals surface area contributed by atoms with Gasteiger partial charge in [0.1, 0.15) is 11.5 Å². The molecule has 0 saturated carbocycles. The minimum Gasteiger partial charge on any atom is -0.504 e. The fraction of sp³-hybridized carbons (Fsp3) is 0.200. The highest BCUT2D eigenvalue weighted by Crippen LogP contribution is 2.36. The topological polar surface area (TPSA) is 71.0 Å². The van der Waals surface area contributed by atoms with E-state index in [1.807, 2.05) is 0 Å². The molecule has 0 unspecified atom stereocenters. The second-order valence-corrected chi connectivity index (χ2v) is 4.73. The van der Waals surface area contributed by atoms with E-state index >= 15 is 0 Å². The van der Waals surface area contributed by atoms with Crippen molar-refractivity contribution in [2.45, 2.75) is 6.54 Å². The zero-order valence-electron chi connectivity index (χ0n) is 11.7. The van der Waals surface area contributed by atoms with Crippen molar-refractivity contribution in [3.8, 4) is 23.0 Å². The summed E-state index contributed by atoms with van der Waals surface area (Å²) in [5.74, 6) is 0.764. The van der Waals surface area contributed by atoms with Gasteiger partial charge in [0.25, 0.3) is 0 Å². The fourth-order valence-electron chi connectivity index (χ4n) is 1.91. The van der Waals surface area contributed by atoms with Gasteiger partial charge in [-0.1, -0.05) is 23.7 Å². The summed E-state index contributed by atoms with van der Waals surface area (Å²) in [6.45, 7) is 0.307. The molecule has 0 atom stereocenters. The van der Waals surface area contributed by atoms with Crippen molar-refractivity contribution in [2.24, 2.45) is 0 Å². The molecule has 5 nitrogen and oxygen atoms in total. The van der Waals surface area contributed by atoms with Crippen molar-refractivity contribution < 1.29 is 19.7 Å². The van der Waals surface area contributed by atoms with Gasteiger partial charge in [-0.25, -0.2) is 0 Å². The molecule has 0 aromatic heterocycles. The number of phenols is 2. The summed E-state index contributed by atoms with van der Waals surface area (Å²) in [5, 5.41) is 22.8. The van der Waals surface area contributed by atoms with Crippen LogP contribution in [-0.2, 0) is 6.54 Å². The van der Waals surface area contributed by atoms with Crippen LogP contribution in [0.25, 0.3) is 0 Å². The molecule has 0 saturated heterocycles. The average Bonchev–Trinajstić information content (AvgIpc) is 2.49. The number of phenolic OH excluding ortho intramolecular Hbond substituents is 2. The summed E-state index contributed by atoms with van der Waals surface area (Å²) in [6.07, 6.45) is 0. The predicted molar refractivity (Wildman–Crippen MR) is 81.7 cm³/mol. The Morgan fingerprint density at radius 3 is 2.48 bits per heavy atom. The van der Waals surface area contributed by atoms with Gasteiger partial charge >= 0.3 is 0 Å². The Morgan fingerprint density at radius 1 is 1.10 bits per heavy atom. The summed E-state index contributed by atoms with van der Waals surface area (Å²) >= 11 is 6.04. The van der Waals surface area contributed by atoms with Gasteiger partial charge in [0.2, 0.25) is 0 Å². The van der Waals surface area contributed by atoms with Crippen molar-refractivity contribution >= 4 is 17.3 Å². The first kappa shape index (κ1) is 15.1. The van der Waals surface area contributed by atoms with E-state index in [1.165, 1.54) is 20.3 Å². The first-order chi connectivity index (χ1) is 10.1. The van der Waals surface area contributed by atoms with Crippen LogP contribution >= 0.6 is 11.6 Å². The van der Waals surface area contributed by atoms with Crippen LogP contribution in [0.2, 0.25) is 5.02 Å². The van der Waals surface area contributed by atoms with Crippen LogP contribution in [0, 0.1) is 0 Å². The number of hydrogen-bond acceptors (Lipinski definition) is 5. The Kier molecular flexibility index (Phi) is 4.65. The normalized spacial score (nSPS) is 10.2. The molecule has 0 aliphatic carbocycles. The average molecular weight is 310 g/mol. The molecule has 0 fully saturated rings. The summed E-state index contributed by atoms with van der Waals surface area (Å²) in [7, 11) is 3.06. The van der Waals surface area contributed by atoms with Crippen LogP contribution in [0.1, 0.15) is 5.56 Å². The number of para-hydroxylation sites is 1. The van der Waals surface area contributed by atoms with Crippen LogP contribution < -0.4 is 14.8 Å². The Bertz CT molecular complexity index is 646. The third-order valence-electron chi connectivity index (χ3n) is 3.04. The summed E-state index contributed by atoms with van der Waals surface area (Å²) < 4.78 is 10.4. The third-order valence-corrected chi connectivity index (χ3v) is 3.34. The number of nitrogens with one attached hydrogen (secondary N) is 1. The molecule has 21 heavy (non-hydrogen) atoms. The second-order valence-electron chi connectivity index (χ2n) is 4.33. The smallest absolute Gasteiger partial charge is 0.162 e. The van der Waals surface area contributed by atoms with Gasteiger partial charge < -0.3 is 25.0 Å². The maximum absolute atomic E-state index is 9.78. The first-order valence-corrected chi connectivity index (χ1v) is 6.59. The van der Waals surface area contributed by atoms with E-state index in [2.05, 4.69) is 5.32 Å². The molecular weight excluding hydrogens is 294 g/mol. The van der Waals surface area contributed by atoms with Gasteiger partial charge in [-0.2, -0.15) is 0 Å². The van der Waals surface area contributed by atoms with Crippen LogP contribution in [0.15, 0.2) is 30.3 Å². The van der Waals surface area contributed by atoms with Gasteiger partial charge in [0.05, 0.1) is 24.9 Å². The van der Waals surface area contributed by atoms with E-state index in [0.717, 1.165) is 0 Å². The van der Waals surface area contributed by atoms with Gasteiger partial charge in [0.15, 0.2) is 11.5 Å². The van der Waals surface area contributed by atoms with Crippen LogP contribution in [0.5, 0.6) is 23.0 Å². The molecule has 0 bridgehead atoms. The molecule has 0 amide bonds. The van der Waals surface area contributed by atoms with Gasteiger partial charge in [-0.3, -0.25) is 0 Å². The van der Waals surface area contributed by atoms with E-state index in [-0.39, 0.29) is 11.5 Å². The molecule has 6 heteroatoms. The van der Waals surface area contributed by atoms with E-state index in [0.29, 0.717) is 34.3 Å². The van der Waals surface area contributed by atoms with E-state index in [4.69, 9.17) is 21.1 Å². The Morgan fingerprint density at radius 2 is 1.81 bits per heavy atom. The lowest BCUT2D eigenvalue weighted by atomic mass is 10.1. The van der Waals surface area contributed by atoms with Crippen molar-refractivity contribution in [1.82, 2.24) is 0 Å². The van der Waals surface area contributed by atoms with E-state index in [1.54, 1.807) is 24.3 Å². The lowest BCUT2D eigenvalue weighted by Gasteiger charge is -2.14. The summed E-state index contributed by atoms with van der Waals surface area (Å²) in [5.41, 5.74) is 1.23. The highest BCUT2D eigenvalue weighted by Gasteiger charge is 2.11. The van der Waals surface area contributed by atoms with E-state index in [9.17, 15) is 10.2 Å². The van der Waals surface area contributed by atoms with E-state index < -0.39 is 0 Å². The van der Waals surface area contributed by atoms with Crippen molar-refractivity contribution in [3.63, 3.8) is 0 Å². The lowest BCUT2D eigenvalue weighted by molar-refractivity contribution is 0.399. The molecule has 2 aromatic carbocycles. The Balaban J connectivity index is 2.25. The van der Waals surface area contributed by atoms with Crippen molar-refractivity contribution in [1.29, 1.82) is 0 Å². The standard InChI is InChI=1S/C15H16ClNO4/c1-20-13-7-11(14(21-2)6-10(13)16)17-8-9-4-3-5-12(18)15(9)19/h3-7,17-19H,8H2,1-2H3. The number of halogens is 1. The van der Waals surface area contributed by atoms with Crippen molar-refractivity contribution in [3.05, 3.63) is 40.9 Å². The zero-order valence-corrected chi connectivity index (χ0v) is 12.4. The third kappa shape index (κ3) is 3.25. The zero-order chi connectivity index (χ0) is 15.4. The molecule has 0 heterocycles. The minimum atomic E-state index is -0.157. The molecule has 0 aliphatic heterocycles. The van der Waals surface area contributed by atoms with Gasteiger partial charge in [-0.05, 0) is 6.07 Å². The molecular formula is C15H16ClNO4. The summed E-state index contributed by atoms with van der Waals surface area (Å²) in [4.78, 5) is 0. The number of aromatic hydroxyl groups is 2. The number of rotatable bonds is 5. The van der Waals surface area contributed by atoms with Crippen LogP contribution in [-0.4, -0.2) is 24.4 Å². The predicted octanol–water partition coefficient (Wildman–Crippen LogP) is 3.38. The highest BCUT2D eigenvalue weighted by molar-refractivity contribution is 6.32. The second kappa shape index (κ2) is 6.45. The molecule has 2 rings (SSSR count). The number of benzene rings is 2. The fourth-order valence-corrected chi connectivity index (χ4v) is 2.14. The quantitative estimate of drug-likeness (QED) is 0.739. The Labute approximate surface area is 127 Å². The molecule has 2 aromatic rings. The monoisotopic (exact) mass is 309 g/mol. The summed E-state index contributed by atoms with van der Waals surface area (Å²) in [6, 6.07) is 8.14. The molecule has 0 spiro atoms. The SMILES string of the molecule is COc1cc(NCc2cccc(O)c2O)c(OC)cc1Cl. The first-order valence-electron chi connectivity index (χ1n) is 6.22. The van der Waals surface area contributed by atoms with Crippen LogP contribution in [0.4, 0.5) is 5.69 Å². The number of anilines is 1. The van der Waals surface area contributed by atoms with Gasteiger partial charge in [-0.15, -0.1) is 0 Å². The van der Waals surface area contributed by atoms with Crippen LogP contribution in [0.3, 0.4) is 0 Å². The molecule has 0 radical (unpaired) electrons. The highest BCUT2D eigenvalue weighted by atomic mass is 35.5. The minimum absolute atomic E-state index is 0.148. The van der Waals surface area contributed by atoms with Crippen molar-refractivity contribution in [2.75, 3.05) is 19.5 Å². The molecule has 3 N–H and O–H groups in total. The maximum atomic E-state index is 9.78. The molecule has 0 aliphatic rings. The Hall–Kier alpha value is -2.27.